The molecule has 29 heavy (non-hydrogen) atoms. The topological polar surface area (TPSA) is 185 Å². The normalized spacial score (nSPS) is 33.9. The van der Waals surface area contributed by atoms with Crippen molar-refractivity contribution < 1.29 is 35.1 Å². The molecule has 1 aromatic rings. The van der Waals surface area contributed by atoms with E-state index in [1.54, 1.807) is 19.1 Å². The van der Waals surface area contributed by atoms with Gasteiger partial charge in [0.25, 0.3) is 5.91 Å². The molecule has 0 aliphatic heterocycles. The number of rotatable bonds is 1. The van der Waals surface area contributed by atoms with Crippen molar-refractivity contribution in [3.8, 4) is 5.75 Å². The number of aromatic hydroxyl groups is 1. The summed E-state index contributed by atoms with van der Waals surface area (Å²) < 4.78 is 0. The molecule has 1 fully saturated rings. The van der Waals surface area contributed by atoms with Crippen LogP contribution < -0.4 is 5.73 Å². The van der Waals surface area contributed by atoms with Gasteiger partial charge >= 0.3 is 0 Å². The molecule has 9 nitrogen and oxygen atoms in total. The van der Waals surface area contributed by atoms with E-state index in [-0.39, 0.29) is 16.9 Å². The van der Waals surface area contributed by atoms with Crippen molar-refractivity contribution in [3.63, 3.8) is 0 Å². The van der Waals surface area contributed by atoms with E-state index in [0.717, 1.165) is 0 Å². The molecule has 3 aliphatic rings. The van der Waals surface area contributed by atoms with Gasteiger partial charge in [0.05, 0.1) is 17.4 Å². The largest absolute Gasteiger partial charge is 0.511 e. The number of Topliss-reactive ketones (excluding diaryl/α,β-unsaturated/α-hetero) is 1. The summed E-state index contributed by atoms with van der Waals surface area (Å²) in [6.07, 6.45) is -1.87. The van der Waals surface area contributed by atoms with Gasteiger partial charge in [-0.3, -0.25) is 9.59 Å². The quantitative estimate of drug-likeness (QED) is 0.355. The van der Waals surface area contributed by atoms with Crippen molar-refractivity contribution in [2.75, 3.05) is 0 Å². The lowest BCUT2D eigenvalue weighted by Crippen LogP contribution is -2.66. The lowest BCUT2D eigenvalue weighted by atomic mass is 9.55. The number of carbonyl (C=O) groups excluding carboxylic acids is 2. The maximum absolute atomic E-state index is 13.4. The van der Waals surface area contributed by atoms with Gasteiger partial charge in [0, 0.05) is 23.8 Å². The number of nitrogens with two attached hydrogens (primary N) is 1. The minimum Gasteiger partial charge on any atom is -0.511 e. The van der Waals surface area contributed by atoms with Crippen LogP contribution in [0.15, 0.2) is 35.1 Å². The summed E-state index contributed by atoms with van der Waals surface area (Å²) in [4.78, 5) is 25.0. The molecule has 0 bridgehead atoms. The molecule has 0 radical (unpaired) electrons. The van der Waals surface area contributed by atoms with Crippen LogP contribution in [0.2, 0.25) is 0 Å². The zero-order valence-electron chi connectivity index (χ0n) is 15.4. The molecule has 152 valence electrons. The van der Waals surface area contributed by atoms with Crippen LogP contribution in [0.1, 0.15) is 30.4 Å². The van der Waals surface area contributed by atoms with E-state index in [1.807, 2.05) is 0 Å². The van der Waals surface area contributed by atoms with Crippen molar-refractivity contribution in [2.45, 2.75) is 31.0 Å². The number of amides is 1. The second kappa shape index (κ2) is 5.91. The van der Waals surface area contributed by atoms with E-state index in [2.05, 4.69) is 0 Å². The second-order valence-corrected chi connectivity index (χ2v) is 7.78. The number of primary amides is 1. The summed E-state index contributed by atoms with van der Waals surface area (Å²) in [5, 5.41) is 61.7. The number of nitrogens with one attached hydrogen (secondary N) is 1. The highest BCUT2D eigenvalue weighted by Crippen LogP contribution is 2.54. The van der Waals surface area contributed by atoms with E-state index in [1.165, 1.54) is 6.07 Å². The van der Waals surface area contributed by atoms with Crippen LogP contribution in [0.4, 0.5) is 0 Å². The highest BCUT2D eigenvalue weighted by molar-refractivity contribution is 6.33. The SMILES string of the molecule is C[C@H]1c2cccc(O)c2C(O)=C2C(=O)[C@]3(O)C(=N)C(C(N)=O)=C(O)CC3[C@@H](O)C21. The van der Waals surface area contributed by atoms with Gasteiger partial charge in [-0.15, -0.1) is 0 Å². The number of allylic oxidation sites excluding steroid dienone is 1. The first-order valence-electron chi connectivity index (χ1n) is 9.05. The Kier molecular flexibility index (Phi) is 3.91. The van der Waals surface area contributed by atoms with E-state index in [4.69, 9.17) is 11.1 Å². The fraction of sp³-hybridized carbons (Fsp3) is 0.350. The Bertz CT molecular complexity index is 1060. The monoisotopic (exact) mass is 400 g/mol. The number of aliphatic hydroxyl groups is 4. The average molecular weight is 400 g/mol. The lowest BCUT2D eigenvalue weighted by Gasteiger charge is -2.51. The summed E-state index contributed by atoms with van der Waals surface area (Å²) in [5.41, 5.74) is 1.14. The van der Waals surface area contributed by atoms with Gasteiger partial charge in [-0.2, -0.15) is 0 Å². The molecule has 3 aliphatic carbocycles. The van der Waals surface area contributed by atoms with Crippen LogP contribution in [0.5, 0.6) is 5.75 Å². The summed E-state index contributed by atoms with van der Waals surface area (Å²) in [6, 6.07) is 4.55. The predicted octanol–water partition coefficient (Wildman–Crippen LogP) is 0.406. The van der Waals surface area contributed by atoms with Crippen molar-refractivity contribution in [1.82, 2.24) is 0 Å². The first-order chi connectivity index (χ1) is 13.5. The molecule has 4 rings (SSSR count). The van der Waals surface area contributed by atoms with Gasteiger partial charge in [0.1, 0.15) is 22.8 Å². The molecule has 0 saturated heterocycles. The lowest BCUT2D eigenvalue weighted by molar-refractivity contribution is -0.146. The van der Waals surface area contributed by atoms with Crippen molar-refractivity contribution >= 4 is 23.2 Å². The molecular weight excluding hydrogens is 380 g/mol. The molecule has 1 aromatic carbocycles. The molecule has 9 heteroatoms. The summed E-state index contributed by atoms with van der Waals surface area (Å²) >= 11 is 0. The standard InChI is InChI=1S/C20H20N2O7/c1-6-7-3-2-4-9(23)12(7)16(26)14-11(6)15(25)8-5-10(24)13(19(22)28)17(21)20(8,29)18(14)27/h2-4,6,8,11,15,21,23-26,29H,5H2,1H3,(H2,22,28)/t6-,8?,11?,15+,20+/m0/s1. The van der Waals surface area contributed by atoms with Gasteiger partial charge in [-0.05, 0) is 17.5 Å². The Labute approximate surface area is 164 Å². The number of hydrogen-bond acceptors (Lipinski definition) is 8. The van der Waals surface area contributed by atoms with Gasteiger partial charge in [-0.1, -0.05) is 19.1 Å². The number of benzene rings is 1. The molecular formula is C20H20N2O7. The Morgan fingerprint density at radius 1 is 1.28 bits per heavy atom. The number of phenolic OH excluding ortho intramolecular Hbond substituents is 1. The molecule has 0 heterocycles. The molecule has 2 unspecified atom stereocenters. The molecule has 1 saturated carbocycles. The first kappa shape index (κ1) is 19.2. The highest BCUT2D eigenvalue weighted by atomic mass is 16.3. The summed E-state index contributed by atoms with van der Waals surface area (Å²) in [5.74, 6) is -6.49. The number of carbonyl (C=O) groups is 2. The van der Waals surface area contributed by atoms with Crippen molar-refractivity contribution in [3.05, 3.63) is 46.2 Å². The number of aliphatic hydroxyl groups excluding tert-OH is 3. The van der Waals surface area contributed by atoms with Crippen LogP contribution in [0.3, 0.4) is 0 Å². The molecule has 0 spiro atoms. The fourth-order valence-electron chi connectivity index (χ4n) is 5.01. The van der Waals surface area contributed by atoms with Gasteiger partial charge in [-0.25, -0.2) is 0 Å². The van der Waals surface area contributed by atoms with Crippen LogP contribution in [-0.2, 0) is 9.59 Å². The van der Waals surface area contributed by atoms with E-state index >= 15 is 0 Å². The van der Waals surface area contributed by atoms with Gasteiger partial charge in [0.2, 0.25) is 5.78 Å². The minimum absolute atomic E-state index is 0.0182. The van der Waals surface area contributed by atoms with Gasteiger partial charge in [0.15, 0.2) is 5.60 Å². The highest BCUT2D eigenvalue weighted by Gasteiger charge is 2.64. The number of hydrogen-bond donors (Lipinski definition) is 7. The zero-order valence-corrected chi connectivity index (χ0v) is 15.4. The number of phenols is 1. The van der Waals surface area contributed by atoms with Gasteiger partial charge < -0.3 is 36.7 Å². The van der Waals surface area contributed by atoms with Crippen LogP contribution in [-0.4, -0.2) is 54.6 Å². The van der Waals surface area contributed by atoms with E-state index < -0.39 is 70.4 Å². The molecule has 0 aromatic heterocycles. The third-order valence-corrected chi connectivity index (χ3v) is 6.42. The Hall–Kier alpha value is -3.17. The smallest absolute Gasteiger partial charge is 0.254 e. The molecule has 5 atom stereocenters. The summed E-state index contributed by atoms with van der Waals surface area (Å²) in [7, 11) is 0. The number of fused-ring (bicyclic) bond motifs is 3. The number of ketones is 1. The van der Waals surface area contributed by atoms with E-state index in [9.17, 15) is 35.1 Å². The third-order valence-electron chi connectivity index (χ3n) is 6.42. The maximum atomic E-state index is 13.4. The van der Waals surface area contributed by atoms with Crippen LogP contribution >= 0.6 is 0 Å². The molecule has 8 N–H and O–H groups in total. The Morgan fingerprint density at radius 3 is 2.55 bits per heavy atom. The Balaban J connectivity index is 1.99. The average Bonchev–Trinajstić information content (AvgIpc) is 2.65. The van der Waals surface area contributed by atoms with Crippen molar-refractivity contribution in [1.29, 1.82) is 5.41 Å². The third kappa shape index (κ3) is 2.19. The first-order valence-corrected chi connectivity index (χ1v) is 9.05. The van der Waals surface area contributed by atoms with Crippen LogP contribution in [0.25, 0.3) is 5.76 Å². The van der Waals surface area contributed by atoms with Crippen molar-refractivity contribution in [2.24, 2.45) is 17.6 Å². The fourth-order valence-corrected chi connectivity index (χ4v) is 5.01. The Morgan fingerprint density at radius 2 is 1.93 bits per heavy atom. The molecule has 1 amide bonds. The van der Waals surface area contributed by atoms with E-state index in [0.29, 0.717) is 5.56 Å². The minimum atomic E-state index is -2.66. The van der Waals surface area contributed by atoms with Crippen LogP contribution in [0, 0.1) is 17.2 Å². The summed E-state index contributed by atoms with van der Waals surface area (Å²) in [6.45, 7) is 1.70. The second-order valence-electron chi connectivity index (χ2n) is 7.78. The predicted molar refractivity (Wildman–Crippen MR) is 100 cm³/mol. The zero-order chi connectivity index (χ0) is 21.4. The maximum Gasteiger partial charge on any atom is 0.254 e.